The Hall–Kier alpha value is -1.51. The summed E-state index contributed by atoms with van der Waals surface area (Å²) in [4.78, 5) is 10.6. The van der Waals surface area contributed by atoms with E-state index in [9.17, 15) is 4.79 Å². The van der Waals surface area contributed by atoms with Crippen LogP contribution in [-0.4, -0.2) is 17.2 Å². The third-order valence-electron chi connectivity index (χ3n) is 2.19. The molecule has 0 fully saturated rings. The molecule has 16 heavy (non-hydrogen) atoms. The first-order chi connectivity index (χ1) is 7.49. The third kappa shape index (κ3) is 3.93. The molecule has 0 saturated heterocycles. The molecule has 3 heteroatoms. The zero-order valence-electron chi connectivity index (χ0n) is 9.99. The molecule has 1 rings (SSSR count). The number of hydrogen-bond donors (Lipinski definition) is 1. The first kappa shape index (κ1) is 12.6. The zero-order chi connectivity index (χ0) is 12.1. The van der Waals surface area contributed by atoms with E-state index < -0.39 is 5.97 Å². The number of rotatable bonds is 5. The molecule has 0 atom stereocenters. The molecular formula is C13H18O3. The van der Waals surface area contributed by atoms with Gasteiger partial charge >= 0.3 is 5.97 Å². The number of benzene rings is 1. The Morgan fingerprint density at radius 2 is 2.12 bits per heavy atom. The maximum absolute atomic E-state index is 10.6. The second-order valence-electron chi connectivity index (χ2n) is 4.17. The van der Waals surface area contributed by atoms with Gasteiger partial charge in [-0.05, 0) is 38.8 Å². The van der Waals surface area contributed by atoms with Gasteiger partial charge in [-0.15, -0.1) is 0 Å². The highest BCUT2D eigenvalue weighted by Gasteiger charge is 2.07. The van der Waals surface area contributed by atoms with E-state index in [1.807, 2.05) is 39.0 Å². The Kier molecular flexibility index (Phi) is 4.35. The van der Waals surface area contributed by atoms with Crippen molar-refractivity contribution < 1.29 is 14.6 Å². The summed E-state index contributed by atoms with van der Waals surface area (Å²) in [5, 5.41) is 8.68. The van der Waals surface area contributed by atoms with E-state index in [2.05, 4.69) is 0 Å². The molecule has 0 unspecified atom stereocenters. The average molecular weight is 222 g/mol. The standard InChI is InChI=1S/C13H18O3/c1-9(2)16-12-6-4-10(3)8-11(12)5-7-13(14)15/h4,6,8-9H,5,7H2,1-3H3,(H,14,15). The van der Waals surface area contributed by atoms with Crippen molar-refractivity contribution in [3.8, 4) is 5.75 Å². The molecule has 0 spiro atoms. The minimum Gasteiger partial charge on any atom is -0.491 e. The lowest BCUT2D eigenvalue weighted by Gasteiger charge is -2.14. The Morgan fingerprint density at radius 3 is 2.69 bits per heavy atom. The fourth-order valence-corrected chi connectivity index (χ4v) is 1.51. The predicted octanol–water partition coefficient (Wildman–Crippen LogP) is 2.80. The molecule has 1 aromatic carbocycles. The van der Waals surface area contributed by atoms with Crippen molar-refractivity contribution in [2.24, 2.45) is 0 Å². The molecule has 0 bridgehead atoms. The minimum atomic E-state index is -0.781. The van der Waals surface area contributed by atoms with E-state index in [1.165, 1.54) is 0 Å². The average Bonchev–Trinajstić information content (AvgIpc) is 2.17. The van der Waals surface area contributed by atoms with Gasteiger partial charge in [-0.2, -0.15) is 0 Å². The Balaban J connectivity index is 2.84. The molecule has 0 aliphatic rings. The van der Waals surface area contributed by atoms with Crippen LogP contribution in [0.3, 0.4) is 0 Å². The van der Waals surface area contributed by atoms with Gasteiger partial charge in [-0.3, -0.25) is 4.79 Å². The van der Waals surface area contributed by atoms with Gasteiger partial charge in [0.2, 0.25) is 0 Å². The lowest BCUT2D eigenvalue weighted by atomic mass is 10.1. The summed E-state index contributed by atoms with van der Waals surface area (Å²) in [6.07, 6.45) is 0.753. The summed E-state index contributed by atoms with van der Waals surface area (Å²) < 4.78 is 5.64. The largest absolute Gasteiger partial charge is 0.491 e. The number of carbonyl (C=O) groups is 1. The van der Waals surface area contributed by atoms with Crippen molar-refractivity contribution >= 4 is 5.97 Å². The van der Waals surface area contributed by atoms with Gasteiger partial charge in [-0.25, -0.2) is 0 Å². The smallest absolute Gasteiger partial charge is 0.303 e. The van der Waals surface area contributed by atoms with Gasteiger partial charge in [0.25, 0.3) is 0 Å². The van der Waals surface area contributed by atoms with Gasteiger partial charge in [-0.1, -0.05) is 17.7 Å². The molecular weight excluding hydrogens is 204 g/mol. The maximum Gasteiger partial charge on any atom is 0.303 e. The van der Waals surface area contributed by atoms with E-state index in [-0.39, 0.29) is 12.5 Å². The maximum atomic E-state index is 10.6. The summed E-state index contributed by atoms with van der Waals surface area (Å²) >= 11 is 0. The molecule has 0 amide bonds. The van der Waals surface area contributed by atoms with Crippen molar-refractivity contribution in [2.45, 2.75) is 39.7 Å². The van der Waals surface area contributed by atoms with Gasteiger partial charge in [0.1, 0.15) is 5.75 Å². The van der Waals surface area contributed by atoms with Gasteiger partial charge in [0.05, 0.1) is 6.10 Å². The number of aryl methyl sites for hydroxylation is 2. The lowest BCUT2D eigenvalue weighted by molar-refractivity contribution is -0.136. The van der Waals surface area contributed by atoms with Crippen LogP contribution in [0.2, 0.25) is 0 Å². The second-order valence-corrected chi connectivity index (χ2v) is 4.17. The molecule has 0 aliphatic heterocycles. The van der Waals surface area contributed by atoms with E-state index >= 15 is 0 Å². The summed E-state index contributed by atoms with van der Waals surface area (Å²) in [6, 6.07) is 5.87. The normalized spacial score (nSPS) is 10.5. The second kappa shape index (κ2) is 5.54. The van der Waals surface area contributed by atoms with Crippen LogP contribution in [0.5, 0.6) is 5.75 Å². The van der Waals surface area contributed by atoms with Crippen LogP contribution in [0.1, 0.15) is 31.4 Å². The zero-order valence-corrected chi connectivity index (χ0v) is 9.99. The van der Waals surface area contributed by atoms with E-state index in [1.54, 1.807) is 0 Å². The summed E-state index contributed by atoms with van der Waals surface area (Å²) in [5.74, 6) is 0.0128. The monoisotopic (exact) mass is 222 g/mol. The number of ether oxygens (including phenoxy) is 1. The molecule has 88 valence electrons. The van der Waals surface area contributed by atoms with Crippen LogP contribution in [0.25, 0.3) is 0 Å². The van der Waals surface area contributed by atoms with Crippen LogP contribution < -0.4 is 4.74 Å². The molecule has 0 aliphatic carbocycles. The van der Waals surface area contributed by atoms with Crippen molar-refractivity contribution in [1.29, 1.82) is 0 Å². The molecule has 0 saturated carbocycles. The fourth-order valence-electron chi connectivity index (χ4n) is 1.51. The molecule has 0 radical (unpaired) electrons. The third-order valence-corrected chi connectivity index (χ3v) is 2.19. The Labute approximate surface area is 96.1 Å². The van der Waals surface area contributed by atoms with E-state index in [0.29, 0.717) is 6.42 Å². The number of carboxylic acids is 1. The summed E-state index contributed by atoms with van der Waals surface area (Å²) in [7, 11) is 0. The molecule has 0 aromatic heterocycles. The Bertz CT molecular complexity index is 369. The lowest BCUT2D eigenvalue weighted by Crippen LogP contribution is -2.08. The van der Waals surface area contributed by atoms with E-state index in [0.717, 1.165) is 16.9 Å². The van der Waals surface area contributed by atoms with Crippen molar-refractivity contribution in [3.63, 3.8) is 0 Å². The SMILES string of the molecule is Cc1ccc(OC(C)C)c(CCC(=O)O)c1. The molecule has 3 nitrogen and oxygen atoms in total. The topological polar surface area (TPSA) is 46.5 Å². The summed E-state index contributed by atoms with van der Waals surface area (Å²) in [5.41, 5.74) is 2.09. The van der Waals surface area contributed by atoms with Crippen molar-refractivity contribution in [3.05, 3.63) is 29.3 Å². The van der Waals surface area contributed by atoms with Crippen LogP contribution in [-0.2, 0) is 11.2 Å². The van der Waals surface area contributed by atoms with Crippen molar-refractivity contribution in [1.82, 2.24) is 0 Å². The molecule has 1 aromatic rings. The number of carboxylic acid groups (broad SMARTS) is 1. The fraction of sp³-hybridized carbons (Fsp3) is 0.462. The molecule has 1 N–H and O–H groups in total. The first-order valence-electron chi connectivity index (χ1n) is 5.47. The van der Waals surface area contributed by atoms with Gasteiger partial charge < -0.3 is 9.84 Å². The predicted molar refractivity (Wildman–Crippen MR) is 62.9 cm³/mol. The highest BCUT2D eigenvalue weighted by molar-refractivity contribution is 5.67. The highest BCUT2D eigenvalue weighted by Crippen LogP contribution is 2.22. The molecule has 0 heterocycles. The van der Waals surface area contributed by atoms with Gasteiger partial charge in [0, 0.05) is 6.42 Å². The summed E-state index contributed by atoms with van der Waals surface area (Å²) in [6.45, 7) is 5.91. The number of aliphatic carboxylic acids is 1. The van der Waals surface area contributed by atoms with Crippen LogP contribution in [0.4, 0.5) is 0 Å². The van der Waals surface area contributed by atoms with Crippen LogP contribution in [0, 0.1) is 6.92 Å². The van der Waals surface area contributed by atoms with Gasteiger partial charge in [0.15, 0.2) is 0 Å². The van der Waals surface area contributed by atoms with Crippen molar-refractivity contribution in [2.75, 3.05) is 0 Å². The Morgan fingerprint density at radius 1 is 1.44 bits per heavy atom. The number of hydrogen-bond acceptors (Lipinski definition) is 2. The first-order valence-corrected chi connectivity index (χ1v) is 5.47. The van der Waals surface area contributed by atoms with E-state index in [4.69, 9.17) is 9.84 Å². The van der Waals surface area contributed by atoms with Crippen LogP contribution >= 0.6 is 0 Å². The highest BCUT2D eigenvalue weighted by atomic mass is 16.5. The van der Waals surface area contributed by atoms with Crippen LogP contribution in [0.15, 0.2) is 18.2 Å². The minimum absolute atomic E-state index is 0.103. The quantitative estimate of drug-likeness (QED) is 0.833.